The van der Waals surface area contributed by atoms with E-state index in [0.717, 1.165) is 17.8 Å². The van der Waals surface area contributed by atoms with E-state index in [-0.39, 0.29) is 0 Å². The molecule has 0 bridgehead atoms. The highest BCUT2D eigenvalue weighted by Gasteiger charge is 2.12. The second-order valence-electron chi connectivity index (χ2n) is 5.58. The summed E-state index contributed by atoms with van der Waals surface area (Å²) in [7, 11) is -0.984. The predicted octanol–water partition coefficient (Wildman–Crippen LogP) is 3.42. The third-order valence-electron chi connectivity index (χ3n) is 2.78. The Labute approximate surface area is 103 Å². The fourth-order valence-corrected chi connectivity index (χ4v) is 2.43. The lowest BCUT2D eigenvalue weighted by Gasteiger charge is -2.15. The molecule has 92 valence electrons. The van der Waals surface area contributed by atoms with E-state index in [4.69, 9.17) is 4.74 Å². The maximum absolute atomic E-state index is 5.73. The quantitative estimate of drug-likeness (QED) is 0.650. The molecule has 17 heavy (non-hydrogen) atoms. The van der Waals surface area contributed by atoms with Crippen LogP contribution in [0.25, 0.3) is 10.9 Å². The third-order valence-corrected chi connectivity index (χ3v) is 4.49. The average Bonchev–Trinajstić information content (AvgIpc) is 2.67. The Morgan fingerprint density at radius 1 is 1.24 bits per heavy atom. The van der Waals surface area contributed by atoms with E-state index in [0.29, 0.717) is 6.61 Å². The molecule has 3 nitrogen and oxygen atoms in total. The zero-order chi connectivity index (χ0) is 12.3. The fraction of sp³-hybridized carbons (Fsp3) is 0.462. The molecule has 1 aromatic heterocycles. The zero-order valence-corrected chi connectivity index (χ0v) is 11.8. The van der Waals surface area contributed by atoms with Crippen LogP contribution in [-0.2, 0) is 11.3 Å². The van der Waals surface area contributed by atoms with E-state index in [2.05, 4.69) is 35.9 Å². The Bertz CT molecular complexity index is 487. The number of ether oxygens (including phenoxy) is 1. The molecule has 2 rings (SSSR count). The van der Waals surface area contributed by atoms with E-state index in [9.17, 15) is 0 Å². The summed E-state index contributed by atoms with van der Waals surface area (Å²) >= 11 is 0. The molecule has 0 unspecified atom stereocenters. The van der Waals surface area contributed by atoms with Crippen LogP contribution in [0.2, 0.25) is 25.7 Å². The summed E-state index contributed by atoms with van der Waals surface area (Å²) in [5.74, 6) is 0. The van der Waals surface area contributed by atoms with Gasteiger partial charge < -0.3 is 4.74 Å². The number of hydrogen-bond donors (Lipinski definition) is 1. The molecule has 0 radical (unpaired) electrons. The molecule has 1 aromatic carbocycles. The topological polar surface area (TPSA) is 37.9 Å². The summed E-state index contributed by atoms with van der Waals surface area (Å²) in [4.78, 5) is 0. The maximum atomic E-state index is 5.73. The minimum Gasteiger partial charge on any atom is -0.375 e. The van der Waals surface area contributed by atoms with Crippen molar-refractivity contribution >= 4 is 19.0 Å². The second kappa shape index (κ2) is 5.02. The van der Waals surface area contributed by atoms with Crippen molar-refractivity contribution < 1.29 is 4.74 Å². The van der Waals surface area contributed by atoms with E-state index >= 15 is 0 Å². The number of aromatic nitrogens is 2. The Hall–Kier alpha value is -1.13. The second-order valence-corrected chi connectivity index (χ2v) is 11.2. The van der Waals surface area contributed by atoms with Gasteiger partial charge in [-0.2, -0.15) is 5.10 Å². The van der Waals surface area contributed by atoms with Crippen LogP contribution in [0.15, 0.2) is 24.3 Å². The number of nitrogens with zero attached hydrogens (tertiary/aromatic N) is 1. The molecular formula is C13H20N2OSi. The van der Waals surface area contributed by atoms with Crippen LogP contribution in [0.4, 0.5) is 0 Å². The van der Waals surface area contributed by atoms with Crippen molar-refractivity contribution in [3.63, 3.8) is 0 Å². The van der Waals surface area contributed by atoms with Crippen molar-refractivity contribution in [3.05, 3.63) is 30.0 Å². The monoisotopic (exact) mass is 248 g/mol. The predicted molar refractivity (Wildman–Crippen MR) is 73.9 cm³/mol. The van der Waals surface area contributed by atoms with Gasteiger partial charge in [0.15, 0.2) is 0 Å². The number of nitrogens with one attached hydrogen (secondary N) is 1. The largest absolute Gasteiger partial charge is 0.375 e. The van der Waals surface area contributed by atoms with E-state index in [1.165, 1.54) is 11.4 Å². The van der Waals surface area contributed by atoms with Crippen LogP contribution in [-0.4, -0.2) is 24.9 Å². The van der Waals surface area contributed by atoms with Gasteiger partial charge in [-0.25, -0.2) is 0 Å². The zero-order valence-electron chi connectivity index (χ0n) is 10.8. The molecule has 0 saturated carbocycles. The van der Waals surface area contributed by atoms with Gasteiger partial charge in [-0.1, -0.05) is 37.8 Å². The molecule has 0 atom stereocenters. The lowest BCUT2D eigenvalue weighted by molar-refractivity contribution is 0.131. The highest BCUT2D eigenvalue weighted by molar-refractivity contribution is 6.76. The molecule has 0 aliphatic heterocycles. The van der Waals surface area contributed by atoms with E-state index in [1.807, 2.05) is 18.2 Å². The number of fused-ring (bicyclic) bond motifs is 1. The Balaban J connectivity index is 1.91. The van der Waals surface area contributed by atoms with Crippen molar-refractivity contribution in [3.8, 4) is 0 Å². The minimum atomic E-state index is -0.984. The highest BCUT2D eigenvalue weighted by atomic mass is 28.3. The summed E-state index contributed by atoms with van der Waals surface area (Å²) in [6.07, 6.45) is 0. The number of para-hydroxylation sites is 1. The standard InChI is InChI=1S/C13H20N2OSi/c1-17(2,3)9-8-16-10-13-11-6-4-5-7-12(11)14-15-13/h4-7H,8-10H2,1-3H3,(H,14,15). The molecular weight excluding hydrogens is 228 g/mol. The first-order valence-electron chi connectivity index (χ1n) is 6.06. The smallest absolute Gasteiger partial charge is 0.0924 e. The van der Waals surface area contributed by atoms with Crippen LogP contribution in [0, 0.1) is 0 Å². The molecule has 0 aliphatic rings. The number of benzene rings is 1. The molecule has 0 aliphatic carbocycles. The van der Waals surface area contributed by atoms with Crippen molar-refractivity contribution in [2.75, 3.05) is 6.61 Å². The van der Waals surface area contributed by atoms with Gasteiger partial charge in [0.05, 0.1) is 17.8 Å². The van der Waals surface area contributed by atoms with Crippen LogP contribution in [0.3, 0.4) is 0 Å². The van der Waals surface area contributed by atoms with Crippen LogP contribution >= 0.6 is 0 Å². The van der Waals surface area contributed by atoms with Gasteiger partial charge in [-0.05, 0) is 12.1 Å². The number of aromatic amines is 1. The van der Waals surface area contributed by atoms with Gasteiger partial charge in [0, 0.05) is 20.1 Å². The van der Waals surface area contributed by atoms with Crippen molar-refractivity contribution in [1.82, 2.24) is 10.2 Å². The van der Waals surface area contributed by atoms with Crippen molar-refractivity contribution in [2.45, 2.75) is 32.3 Å². The van der Waals surface area contributed by atoms with Crippen LogP contribution < -0.4 is 0 Å². The molecule has 4 heteroatoms. The first kappa shape index (κ1) is 12.3. The fourth-order valence-electron chi connectivity index (χ4n) is 1.68. The first-order chi connectivity index (χ1) is 8.06. The summed E-state index contributed by atoms with van der Waals surface area (Å²) < 4.78 is 5.73. The number of rotatable bonds is 5. The van der Waals surface area contributed by atoms with Gasteiger partial charge in [0.25, 0.3) is 0 Å². The highest BCUT2D eigenvalue weighted by Crippen LogP contribution is 2.16. The van der Waals surface area contributed by atoms with Crippen molar-refractivity contribution in [1.29, 1.82) is 0 Å². The first-order valence-corrected chi connectivity index (χ1v) is 9.77. The Morgan fingerprint density at radius 2 is 2.00 bits per heavy atom. The SMILES string of the molecule is C[Si](C)(C)CCOCc1[nH]nc2ccccc12. The average molecular weight is 248 g/mol. The molecule has 1 N–H and O–H groups in total. The van der Waals surface area contributed by atoms with Gasteiger partial charge in [-0.3, -0.25) is 5.10 Å². The summed E-state index contributed by atoms with van der Waals surface area (Å²) in [5, 5.41) is 8.46. The summed E-state index contributed by atoms with van der Waals surface area (Å²) in [6, 6.07) is 9.33. The molecule has 0 amide bonds. The number of hydrogen-bond acceptors (Lipinski definition) is 2. The molecule has 0 saturated heterocycles. The number of H-pyrrole nitrogens is 1. The van der Waals surface area contributed by atoms with Gasteiger partial charge in [0.1, 0.15) is 0 Å². The van der Waals surface area contributed by atoms with Gasteiger partial charge in [0.2, 0.25) is 0 Å². The van der Waals surface area contributed by atoms with Crippen LogP contribution in [0.5, 0.6) is 0 Å². The summed E-state index contributed by atoms with van der Waals surface area (Å²) in [5.41, 5.74) is 2.09. The summed E-state index contributed by atoms with van der Waals surface area (Å²) in [6.45, 7) is 8.57. The third kappa shape index (κ3) is 3.41. The molecule has 0 fully saturated rings. The minimum absolute atomic E-state index is 0.630. The molecule has 2 aromatic rings. The van der Waals surface area contributed by atoms with Crippen molar-refractivity contribution in [2.24, 2.45) is 0 Å². The Kier molecular flexibility index (Phi) is 3.64. The molecule has 1 heterocycles. The normalized spacial score (nSPS) is 12.2. The van der Waals surface area contributed by atoms with E-state index in [1.54, 1.807) is 0 Å². The Morgan fingerprint density at radius 3 is 2.76 bits per heavy atom. The van der Waals surface area contributed by atoms with E-state index < -0.39 is 8.07 Å². The maximum Gasteiger partial charge on any atom is 0.0924 e. The van der Waals surface area contributed by atoms with Gasteiger partial charge in [-0.15, -0.1) is 0 Å². The lowest BCUT2D eigenvalue weighted by Crippen LogP contribution is -2.21. The van der Waals surface area contributed by atoms with Gasteiger partial charge >= 0.3 is 0 Å². The lowest BCUT2D eigenvalue weighted by atomic mass is 10.2. The van der Waals surface area contributed by atoms with Crippen LogP contribution in [0.1, 0.15) is 5.69 Å². The molecule has 0 spiro atoms.